The van der Waals surface area contributed by atoms with Crippen LogP contribution in [0.3, 0.4) is 0 Å². The SMILES string of the molecule is C=C1CCC2C(C)(C(=O)O)CCCC2(C)C1C/C=C(\C)C=O. The number of aliphatic carboxylic acids is 1. The monoisotopic (exact) mass is 304 g/mol. The number of carbonyl (C=O) groups is 2. The molecule has 0 heterocycles. The van der Waals surface area contributed by atoms with Crippen LogP contribution in [0.1, 0.15) is 59.3 Å². The molecule has 1 N–H and O–H groups in total. The molecule has 4 atom stereocenters. The second-order valence-electron chi connectivity index (χ2n) is 7.69. The van der Waals surface area contributed by atoms with Crippen LogP contribution in [0, 0.1) is 22.7 Å². The van der Waals surface area contributed by atoms with Crippen molar-refractivity contribution in [3.63, 3.8) is 0 Å². The smallest absolute Gasteiger partial charge is 0.309 e. The Morgan fingerprint density at radius 3 is 2.68 bits per heavy atom. The fourth-order valence-corrected chi connectivity index (χ4v) is 4.99. The summed E-state index contributed by atoms with van der Waals surface area (Å²) in [7, 11) is 0. The fraction of sp³-hybridized carbons (Fsp3) is 0.684. The van der Waals surface area contributed by atoms with Gasteiger partial charge in [0.05, 0.1) is 5.41 Å². The van der Waals surface area contributed by atoms with Gasteiger partial charge in [0.15, 0.2) is 0 Å². The van der Waals surface area contributed by atoms with E-state index in [1.54, 1.807) is 0 Å². The molecule has 2 rings (SSSR count). The van der Waals surface area contributed by atoms with E-state index < -0.39 is 11.4 Å². The lowest BCUT2D eigenvalue weighted by atomic mass is 9.46. The standard InChI is InChI=1S/C19H28O3/c1-13(12-20)6-8-15-14(2)7-9-16-18(15,3)10-5-11-19(16,4)17(21)22/h6,12,15-16H,2,5,7-11H2,1,3-4H3,(H,21,22)/b13-6+. The van der Waals surface area contributed by atoms with Crippen molar-refractivity contribution in [3.05, 3.63) is 23.8 Å². The largest absolute Gasteiger partial charge is 0.481 e. The highest BCUT2D eigenvalue weighted by Crippen LogP contribution is 2.61. The van der Waals surface area contributed by atoms with Gasteiger partial charge in [-0.05, 0) is 68.8 Å². The minimum atomic E-state index is -0.658. The van der Waals surface area contributed by atoms with Crippen molar-refractivity contribution >= 4 is 12.3 Å². The number of aldehydes is 1. The normalized spacial score (nSPS) is 39.2. The first kappa shape index (κ1) is 17.0. The summed E-state index contributed by atoms with van der Waals surface area (Å²) in [5.74, 6) is -0.193. The summed E-state index contributed by atoms with van der Waals surface area (Å²) in [6.45, 7) is 10.3. The number of carboxylic acid groups (broad SMARTS) is 1. The molecule has 0 amide bonds. The van der Waals surface area contributed by atoms with E-state index in [1.807, 2.05) is 19.9 Å². The summed E-state index contributed by atoms with van der Waals surface area (Å²) in [5.41, 5.74) is 1.31. The number of fused-ring (bicyclic) bond motifs is 1. The predicted molar refractivity (Wildman–Crippen MR) is 87.5 cm³/mol. The first-order valence-electron chi connectivity index (χ1n) is 8.28. The molecule has 122 valence electrons. The Hall–Kier alpha value is -1.38. The number of carboxylic acids is 1. The molecule has 0 saturated heterocycles. The minimum absolute atomic E-state index is 0.0274. The Morgan fingerprint density at radius 1 is 1.41 bits per heavy atom. The highest BCUT2D eigenvalue weighted by Gasteiger charge is 2.57. The lowest BCUT2D eigenvalue weighted by molar-refractivity contribution is -0.164. The molecule has 0 aromatic carbocycles. The summed E-state index contributed by atoms with van der Waals surface area (Å²) in [6, 6.07) is 0. The van der Waals surface area contributed by atoms with E-state index in [-0.39, 0.29) is 17.3 Å². The zero-order valence-electron chi connectivity index (χ0n) is 14.0. The Labute approximate surface area is 133 Å². The molecule has 0 aromatic heterocycles. The molecule has 3 heteroatoms. The van der Waals surface area contributed by atoms with Gasteiger partial charge in [-0.3, -0.25) is 9.59 Å². The van der Waals surface area contributed by atoms with Crippen LogP contribution in [0.25, 0.3) is 0 Å². The summed E-state index contributed by atoms with van der Waals surface area (Å²) in [5, 5.41) is 9.78. The van der Waals surface area contributed by atoms with Crippen molar-refractivity contribution in [1.29, 1.82) is 0 Å². The topological polar surface area (TPSA) is 54.4 Å². The van der Waals surface area contributed by atoms with Gasteiger partial charge in [0.1, 0.15) is 6.29 Å². The molecule has 4 unspecified atom stereocenters. The third-order valence-electron chi connectivity index (χ3n) is 6.37. The predicted octanol–water partition coefficient (Wildman–Crippen LogP) is 4.39. The van der Waals surface area contributed by atoms with Gasteiger partial charge in [0.25, 0.3) is 0 Å². The molecule has 2 aliphatic rings. The zero-order valence-corrected chi connectivity index (χ0v) is 14.0. The van der Waals surface area contributed by atoms with Crippen LogP contribution in [-0.2, 0) is 9.59 Å². The van der Waals surface area contributed by atoms with Gasteiger partial charge in [-0.1, -0.05) is 31.6 Å². The van der Waals surface area contributed by atoms with Crippen LogP contribution < -0.4 is 0 Å². The molecular weight excluding hydrogens is 276 g/mol. The van der Waals surface area contributed by atoms with Crippen molar-refractivity contribution in [2.45, 2.75) is 59.3 Å². The van der Waals surface area contributed by atoms with E-state index >= 15 is 0 Å². The van der Waals surface area contributed by atoms with E-state index in [1.165, 1.54) is 5.57 Å². The van der Waals surface area contributed by atoms with Crippen LogP contribution in [0.2, 0.25) is 0 Å². The third-order valence-corrected chi connectivity index (χ3v) is 6.37. The van der Waals surface area contributed by atoms with Gasteiger partial charge in [0.2, 0.25) is 0 Å². The second kappa shape index (κ2) is 6.02. The molecule has 2 saturated carbocycles. The van der Waals surface area contributed by atoms with E-state index in [2.05, 4.69) is 13.5 Å². The van der Waals surface area contributed by atoms with Crippen LogP contribution in [0.5, 0.6) is 0 Å². The van der Waals surface area contributed by atoms with Gasteiger partial charge in [-0.2, -0.15) is 0 Å². The maximum Gasteiger partial charge on any atom is 0.309 e. The quantitative estimate of drug-likeness (QED) is 0.476. The lowest BCUT2D eigenvalue weighted by Crippen LogP contribution is -2.53. The molecular formula is C19H28O3. The lowest BCUT2D eigenvalue weighted by Gasteiger charge is -2.57. The Bertz CT molecular complexity index is 519. The van der Waals surface area contributed by atoms with Crippen molar-refractivity contribution in [2.24, 2.45) is 22.7 Å². The number of hydrogen-bond donors (Lipinski definition) is 1. The van der Waals surface area contributed by atoms with Gasteiger partial charge in [-0.15, -0.1) is 0 Å². The Morgan fingerprint density at radius 2 is 2.09 bits per heavy atom. The average molecular weight is 304 g/mol. The zero-order chi connectivity index (χ0) is 16.5. The second-order valence-corrected chi connectivity index (χ2v) is 7.69. The Balaban J connectivity index is 2.36. The van der Waals surface area contributed by atoms with Gasteiger partial charge in [-0.25, -0.2) is 0 Å². The third kappa shape index (κ3) is 2.66. The van der Waals surface area contributed by atoms with Crippen LogP contribution in [-0.4, -0.2) is 17.4 Å². The number of hydrogen-bond acceptors (Lipinski definition) is 2. The fourth-order valence-electron chi connectivity index (χ4n) is 4.99. The molecule has 2 aliphatic carbocycles. The van der Waals surface area contributed by atoms with Gasteiger partial charge in [0, 0.05) is 0 Å². The molecule has 0 radical (unpaired) electrons. The van der Waals surface area contributed by atoms with E-state index in [0.717, 1.165) is 50.4 Å². The summed E-state index contributed by atoms with van der Waals surface area (Å²) >= 11 is 0. The first-order valence-corrected chi connectivity index (χ1v) is 8.28. The van der Waals surface area contributed by atoms with E-state index in [4.69, 9.17) is 0 Å². The van der Waals surface area contributed by atoms with Gasteiger partial charge >= 0.3 is 5.97 Å². The first-order chi connectivity index (χ1) is 10.3. The molecule has 0 bridgehead atoms. The highest BCUT2D eigenvalue weighted by atomic mass is 16.4. The maximum atomic E-state index is 11.9. The molecule has 0 aliphatic heterocycles. The maximum absolute atomic E-state index is 11.9. The Kier molecular flexibility index (Phi) is 4.65. The minimum Gasteiger partial charge on any atom is -0.481 e. The summed E-state index contributed by atoms with van der Waals surface area (Å²) in [4.78, 5) is 22.7. The van der Waals surface area contributed by atoms with Crippen molar-refractivity contribution in [1.82, 2.24) is 0 Å². The number of carbonyl (C=O) groups excluding carboxylic acids is 1. The van der Waals surface area contributed by atoms with Crippen LogP contribution >= 0.6 is 0 Å². The average Bonchev–Trinajstić information content (AvgIpc) is 2.45. The highest BCUT2D eigenvalue weighted by molar-refractivity contribution is 5.75. The molecule has 3 nitrogen and oxygen atoms in total. The molecule has 22 heavy (non-hydrogen) atoms. The van der Waals surface area contributed by atoms with E-state index in [0.29, 0.717) is 0 Å². The van der Waals surface area contributed by atoms with Crippen LogP contribution in [0.15, 0.2) is 23.8 Å². The van der Waals surface area contributed by atoms with Crippen molar-refractivity contribution in [2.75, 3.05) is 0 Å². The molecule has 0 spiro atoms. The number of allylic oxidation sites excluding steroid dienone is 3. The summed E-state index contributed by atoms with van der Waals surface area (Å²) in [6.07, 6.45) is 8.27. The molecule has 0 aromatic rings. The number of rotatable bonds is 4. The van der Waals surface area contributed by atoms with Crippen LogP contribution in [0.4, 0.5) is 0 Å². The van der Waals surface area contributed by atoms with E-state index in [9.17, 15) is 14.7 Å². The summed E-state index contributed by atoms with van der Waals surface area (Å²) < 4.78 is 0. The van der Waals surface area contributed by atoms with Crippen molar-refractivity contribution in [3.8, 4) is 0 Å². The van der Waals surface area contributed by atoms with Crippen molar-refractivity contribution < 1.29 is 14.7 Å². The van der Waals surface area contributed by atoms with Gasteiger partial charge < -0.3 is 5.11 Å². The molecule has 2 fully saturated rings.